The number of anilines is 1. The Labute approximate surface area is 176 Å². The highest BCUT2D eigenvalue weighted by atomic mass is 16.1. The van der Waals surface area contributed by atoms with E-state index in [1.165, 1.54) is 5.56 Å². The summed E-state index contributed by atoms with van der Waals surface area (Å²) < 4.78 is 0. The van der Waals surface area contributed by atoms with Gasteiger partial charge in [-0.15, -0.1) is 0 Å². The van der Waals surface area contributed by atoms with Gasteiger partial charge in [0.25, 0.3) is 0 Å². The van der Waals surface area contributed by atoms with Crippen molar-refractivity contribution in [1.82, 2.24) is 4.98 Å². The highest BCUT2D eigenvalue weighted by Crippen LogP contribution is 2.21. The quantitative estimate of drug-likeness (QED) is 0.459. The molecule has 0 fully saturated rings. The van der Waals surface area contributed by atoms with E-state index in [0.29, 0.717) is 6.42 Å². The van der Waals surface area contributed by atoms with Gasteiger partial charge < -0.3 is 5.32 Å². The van der Waals surface area contributed by atoms with E-state index >= 15 is 0 Å². The second-order valence-electron chi connectivity index (χ2n) is 7.16. The maximum atomic E-state index is 12.9. The van der Waals surface area contributed by atoms with Crippen LogP contribution in [0.5, 0.6) is 0 Å². The van der Waals surface area contributed by atoms with Gasteiger partial charge in [-0.2, -0.15) is 0 Å². The molecule has 146 valence electrons. The molecule has 0 saturated heterocycles. The van der Waals surface area contributed by atoms with Crippen LogP contribution in [0.1, 0.15) is 17.5 Å². The van der Waals surface area contributed by atoms with Crippen LogP contribution in [-0.4, -0.2) is 10.9 Å². The van der Waals surface area contributed by atoms with E-state index < -0.39 is 0 Å². The van der Waals surface area contributed by atoms with Crippen LogP contribution >= 0.6 is 0 Å². The van der Waals surface area contributed by atoms with Crippen LogP contribution in [0.2, 0.25) is 0 Å². The predicted molar refractivity (Wildman–Crippen MR) is 122 cm³/mol. The first-order chi connectivity index (χ1) is 14.8. The van der Waals surface area contributed by atoms with Crippen LogP contribution in [-0.2, 0) is 11.2 Å². The summed E-state index contributed by atoms with van der Waals surface area (Å²) in [7, 11) is 0. The Morgan fingerprint density at radius 3 is 2.40 bits per heavy atom. The average molecular weight is 390 g/mol. The molecule has 3 nitrogen and oxygen atoms in total. The average Bonchev–Trinajstić information content (AvgIpc) is 2.79. The van der Waals surface area contributed by atoms with Gasteiger partial charge in [0, 0.05) is 29.5 Å². The van der Waals surface area contributed by atoms with E-state index in [-0.39, 0.29) is 11.8 Å². The highest BCUT2D eigenvalue weighted by molar-refractivity contribution is 6.00. The summed E-state index contributed by atoms with van der Waals surface area (Å²) in [4.78, 5) is 17.3. The molecule has 4 rings (SSSR count). The lowest BCUT2D eigenvalue weighted by Gasteiger charge is -2.12. The van der Waals surface area contributed by atoms with Crippen LogP contribution in [0.4, 0.5) is 5.69 Å². The van der Waals surface area contributed by atoms with Gasteiger partial charge in [0.2, 0.25) is 5.91 Å². The zero-order valence-electron chi connectivity index (χ0n) is 16.6. The molecule has 0 aliphatic carbocycles. The molecule has 4 aromatic rings. The molecule has 1 unspecified atom stereocenters. The monoisotopic (exact) mass is 390 g/mol. The highest BCUT2D eigenvalue weighted by Gasteiger charge is 2.14. The standard InChI is InChI=1S/C27H22N2O/c30-26(29-25-15-7-13-24-14-8-18-28-27(24)25)20-23(19-22-11-5-2-6-12-22)17-16-21-9-3-1-4-10-21/h1-15,18,23H,19-20H2,(H,29,30). The molecule has 0 aliphatic heterocycles. The maximum Gasteiger partial charge on any atom is 0.225 e. The Morgan fingerprint density at radius 1 is 0.867 bits per heavy atom. The molecule has 1 atom stereocenters. The van der Waals surface area contributed by atoms with E-state index in [1.54, 1.807) is 6.20 Å². The van der Waals surface area contributed by atoms with Crippen molar-refractivity contribution in [2.45, 2.75) is 12.8 Å². The Morgan fingerprint density at radius 2 is 1.60 bits per heavy atom. The molecule has 0 saturated carbocycles. The number of nitrogens with one attached hydrogen (secondary N) is 1. The second kappa shape index (κ2) is 9.54. The Hall–Kier alpha value is -3.90. The minimum absolute atomic E-state index is 0.0588. The molecule has 1 N–H and O–H groups in total. The molecular weight excluding hydrogens is 368 g/mol. The lowest BCUT2D eigenvalue weighted by molar-refractivity contribution is -0.116. The Bertz CT molecular complexity index is 1190. The van der Waals surface area contributed by atoms with E-state index in [9.17, 15) is 4.79 Å². The van der Waals surface area contributed by atoms with Crippen molar-refractivity contribution in [2.24, 2.45) is 5.92 Å². The number of hydrogen-bond acceptors (Lipinski definition) is 2. The largest absolute Gasteiger partial charge is 0.324 e. The molecule has 30 heavy (non-hydrogen) atoms. The minimum atomic E-state index is -0.0875. The normalized spacial score (nSPS) is 11.3. The fraction of sp³-hybridized carbons (Fsp3) is 0.111. The number of amides is 1. The molecular formula is C27H22N2O. The number of carbonyl (C=O) groups is 1. The summed E-state index contributed by atoms with van der Waals surface area (Å²) in [5.74, 6) is 6.39. The molecule has 1 aromatic heterocycles. The van der Waals surface area contributed by atoms with Gasteiger partial charge in [-0.25, -0.2) is 0 Å². The Kier molecular flexibility index (Phi) is 6.17. The van der Waals surface area contributed by atoms with Crippen molar-refractivity contribution in [2.75, 3.05) is 5.32 Å². The van der Waals surface area contributed by atoms with Gasteiger partial charge in [-0.3, -0.25) is 9.78 Å². The van der Waals surface area contributed by atoms with Gasteiger partial charge in [0.15, 0.2) is 0 Å². The first-order valence-electron chi connectivity index (χ1n) is 10.0. The van der Waals surface area contributed by atoms with Crippen molar-refractivity contribution in [1.29, 1.82) is 0 Å². The lowest BCUT2D eigenvalue weighted by atomic mass is 9.95. The van der Waals surface area contributed by atoms with Gasteiger partial charge in [-0.1, -0.05) is 78.6 Å². The minimum Gasteiger partial charge on any atom is -0.324 e. The summed E-state index contributed by atoms with van der Waals surface area (Å²) in [6.07, 6.45) is 2.78. The van der Waals surface area contributed by atoms with Gasteiger partial charge >= 0.3 is 0 Å². The zero-order chi connectivity index (χ0) is 20.6. The smallest absolute Gasteiger partial charge is 0.225 e. The topological polar surface area (TPSA) is 42.0 Å². The molecule has 1 amide bonds. The van der Waals surface area contributed by atoms with Crippen LogP contribution in [0.3, 0.4) is 0 Å². The maximum absolute atomic E-state index is 12.9. The predicted octanol–water partition coefficient (Wildman–Crippen LogP) is 5.47. The number of aromatic nitrogens is 1. The van der Waals surface area contributed by atoms with Gasteiger partial charge in [0.1, 0.15) is 0 Å². The van der Waals surface area contributed by atoms with Crippen LogP contribution in [0.15, 0.2) is 97.2 Å². The molecule has 0 aliphatic rings. The van der Waals surface area contributed by atoms with Crippen LogP contribution in [0, 0.1) is 17.8 Å². The van der Waals surface area contributed by atoms with E-state index in [1.807, 2.05) is 78.9 Å². The van der Waals surface area contributed by atoms with Crippen molar-refractivity contribution in [3.8, 4) is 11.8 Å². The molecule has 0 radical (unpaired) electrons. The van der Waals surface area contributed by atoms with Crippen molar-refractivity contribution < 1.29 is 4.79 Å². The Balaban J connectivity index is 1.53. The third-order valence-electron chi connectivity index (χ3n) is 4.86. The third kappa shape index (κ3) is 5.12. The first-order valence-corrected chi connectivity index (χ1v) is 10.0. The summed E-state index contributed by atoms with van der Waals surface area (Å²) in [6, 6.07) is 29.7. The van der Waals surface area contributed by atoms with E-state index in [4.69, 9.17) is 0 Å². The summed E-state index contributed by atoms with van der Waals surface area (Å²) >= 11 is 0. The van der Waals surface area contributed by atoms with Crippen molar-refractivity contribution in [3.63, 3.8) is 0 Å². The van der Waals surface area contributed by atoms with Crippen molar-refractivity contribution in [3.05, 3.63) is 108 Å². The van der Waals surface area contributed by atoms with E-state index in [2.05, 4.69) is 34.3 Å². The van der Waals surface area contributed by atoms with E-state index in [0.717, 1.165) is 28.6 Å². The fourth-order valence-corrected chi connectivity index (χ4v) is 3.41. The molecule has 0 bridgehead atoms. The third-order valence-corrected chi connectivity index (χ3v) is 4.86. The first kappa shape index (κ1) is 19.4. The summed E-state index contributed by atoms with van der Waals surface area (Å²) in [5, 5.41) is 4.03. The summed E-state index contributed by atoms with van der Waals surface area (Å²) in [5.41, 5.74) is 3.65. The number of rotatable bonds is 5. The SMILES string of the molecule is O=C(CC(C#Cc1ccccc1)Cc1ccccc1)Nc1cccc2cccnc12. The number of fused-ring (bicyclic) bond motifs is 1. The number of carbonyl (C=O) groups excluding carboxylic acids is 1. The molecule has 1 heterocycles. The van der Waals surface area contributed by atoms with Crippen molar-refractivity contribution >= 4 is 22.5 Å². The fourth-order valence-electron chi connectivity index (χ4n) is 3.41. The van der Waals surface area contributed by atoms with Gasteiger partial charge in [-0.05, 0) is 36.2 Å². The number of benzene rings is 3. The van der Waals surface area contributed by atoms with Crippen LogP contribution < -0.4 is 5.32 Å². The summed E-state index contributed by atoms with van der Waals surface area (Å²) in [6.45, 7) is 0. The lowest BCUT2D eigenvalue weighted by Crippen LogP contribution is -2.17. The number of hydrogen-bond donors (Lipinski definition) is 1. The second-order valence-corrected chi connectivity index (χ2v) is 7.16. The van der Waals surface area contributed by atoms with Crippen LogP contribution in [0.25, 0.3) is 10.9 Å². The molecule has 3 heteroatoms. The number of para-hydroxylation sites is 1. The molecule has 3 aromatic carbocycles. The number of pyridine rings is 1. The van der Waals surface area contributed by atoms with Gasteiger partial charge in [0.05, 0.1) is 11.2 Å². The zero-order valence-corrected chi connectivity index (χ0v) is 16.6. The molecule has 0 spiro atoms. The number of nitrogens with zero attached hydrogens (tertiary/aromatic N) is 1.